The van der Waals surface area contributed by atoms with Gasteiger partial charge >= 0.3 is 127 Å². The second kappa shape index (κ2) is 15.0. The molecule has 2 rings (SSSR count). The van der Waals surface area contributed by atoms with Crippen LogP contribution < -0.4 is 5.32 Å². The molecule has 0 saturated carbocycles. The van der Waals surface area contributed by atoms with Crippen LogP contribution in [0.5, 0.6) is 0 Å². The van der Waals surface area contributed by atoms with Gasteiger partial charge in [0.2, 0.25) is 0 Å². The Labute approximate surface area is 231 Å². The van der Waals surface area contributed by atoms with E-state index in [0.717, 1.165) is 48.3 Å². The second-order valence-electron chi connectivity index (χ2n) is 11.1. The maximum atomic E-state index is 13.2. The van der Waals surface area contributed by atoms with Gasteiger partial charge in [-0.3, -0.25) is 4.79 Å². The first-order chi connectivity index (χ1) is 17.9. The molecule has 0 radical (unpaired) electrons. The van der Waals surface area contributed by atoms with Gasteiger partial charge in [-0.15, -0.1) is 0 Å². The summed E-state index contributed by atoms with van der Waals surface area (Å²) in [6.07, 6.45) is 4.25. The van der Waals surface area contributed by atoms with Crippen LogP contribution in [0.25, 0.3) is 6.08 Å². The molecule has 1 aromatic rings. The molecule has 0 bridgehead atoms. The van der Waals surface area contributed by atoms with Crippen molar-refractivity contribution in [1.29, 1.82) is 0 Å². The van der Waals surface area contributed by atoms with Crippen LogP contribution in [-0.2, 0) is 25.6 Å². The Balaban J connectivity index is 2.29. The molecule has 8 nitrogen and oxygen atoms in total. The van der Waals surface area contributed by atoms with Gasteiger partial charge < -0.3 is 10.2 Å². The summed E-state index contributed by atoms with van der Waals surface area (Å²) in [7, 11) is 0.803. The van der Waals surface area contributed by atoms with Gasteiger partial charge in [0.15, 0.2) is 0 Å². The van der Waals surface area contributed by atoms with E-state index in [4.69, 9.17) is 4.74 Å². The minimum Gasteiger partial charge on any atom is -0.392 e. The number of thiazole rings is 1. The van der Waals surface area contributed by atoms with Crippen molar-refractivity contribution in [2.75, 3.05) is 6.44 Å². The van der Waals surface area contributed by atoms with Gasteiger partial charge in [0, 0.05) is 5.92 Å². The quantitative estimate of drug-likeness (QED) is 0.211. The average molecular weight is 547 g/mol. The minimum atomic E-state index is -1.25. The van der Waals surface area contributed by atoms with Crippen molar-refractivity contribution in [3.8, 4) is 0 Å². The number of rotatable bonds is 6. The van der Waals surface area contributed by atoms with E-state index in [0.29, 0.717) is 13.0 Å². The summed E-state index contributed by atoms with van der Waals surface area (Å²) in [5.41, 5.74) is 1.50. The molecule has 1 aromatic heterocycles. The topological polar surface area (TPSA) is 126 Å². The number of aliphatic hydroxyl groups is 2. The Bertz CT molecular complexity index is 1020. The van der Waals surface area contributed by atoms with E-state index in [1.807, 2.05) is 32.2 Å². The molecule has 38 heavy (non-hydrogen) atoms. The van der Waals surface area contributed by atoms with Gasteiger partial charge in [0.05, 0.1) is 17.6 Å². The number of hydrogen-bond donors (Lipinski definition) is 3. The fraction of sp³-hybridized carbons (Fsp3) is 0.679. The van der Waals surface area contributed by atoms with E-state index in [1.54, 1.807) is 20.8 Å². The average Bonchev–Trinajstić information content (AvgIpc) is 3.31. The number of hydrogen-bond acceptors (Lipinski definition) is 9. The fourth-order valence-electron chi connectivity index (χ4n) is 4.67. The first-order valence-electron chi connectivity index (χ1n) is 13.4. The van der Waals surface area contributed by atoms with Crippen molar-refractivity contribution in [3.05, 3.63) is 33.3 Å². The standard InChI is InChI=1S/C28H43BN2O6S/c1-17-8-7-9-18(2)26(34)20(4)27(35)28(5,6)23(32)13-25(33)37-22(11-10-17)19(3)12-21-15-38-24(31-21)14-30-16-29-36/h10,12,15,18,20,22-23,26,30,32,34H,7-9,11,13-14,16H2,1-6H3/b17-10-,19-12+/t18-,20+,22?,23?,26?/m0/s1. The van der Waals surface area contributed by atoms with Crippen molar-refractivity contribution in [1.82, 2.24) is 10.3 Å². The summed E-state index contributed by atoms with van der Waals surface area (Å²) in [6.45, 7) is 11.3. The summed E-state index contributed by atoms with van der Waals surface area (Å²) in [6, 6.07) is 0. The number of aliphatic hydroxyl groups excluding tert-OH is 2. The number of nitrogens with zero attached hydrogens (tertiary/aromatic N) is 1. The summed E-state index contributed by atoms with van der Waals surface area (Å²) < 4.78 is 16.3. The van der Waals surface area contributed by atoms with Gasteiger partial charge in [-0.2, -0.15) is 0 Å². The molecule has 1 aliphatic rings. The van der Waals surface area contributed by atoms with Gasteiger partial charge in [0.1, 0.15) is 5.78 Å². The van der Waals surface area contributed by atoms with E-state index >= 15 is 0 Å². The van der Waals surface area contributed by atoms with Gasteiger partial charge in [-0.25, -0.2) is 0 Å². The summed E-state index contributed by atoms with van der Waals surface area (Å²) in [5, 5.41) is 27.4. The monoisotopic (exact) mass is 546 g/mol. The number of esters is 1. The Morgan fingerprint density at radius 1 is 1.32 bits per heavy atom. The molecular formula is C28H43BN2O6S. The van der Waals surface area contributed by atoms with Crippen molar-refractivity contribution < 1.29 is 29.2 Å². The van der Waals surface area contributed by atoms with E-state index < -0.39 is 35.6 Å². The van der Waals surface area contributed by atoms with Crippen LogP contribution in [0.3, 0.4) is 0 Å². The van der Waals surface area contributed by atoms with Gasteiger partial charge in [-0.05, 0) is 32.1 Å². The molecule has 10 heteroatoms. The van der Waals surface area contributed by atoms with Crippen LogP contribution in [0.4, 0.5) is 0 Å². The summed E-state index contributed by atoms with van der Waals surface area (Å²) >= 11 is 1.48. The number of aromatic nitrogens is 1. The number of nitrogens with one attached hydrogen (secondary N) is 1. The first kappa shape index (κ1) is 32.2. The minimum absolute atomic E-state index is 0.0675. The SMILES string of the molecule is C/C1=C/CC(/C(C)=C/c2csc(CNCB=O)n2)OC(=O)CC(O)C(C)(C)C(=O)[C@H](C)C(O)[C@@H](C)CCC1. The van der Waals surface area contributed by atoms with Gasteiger partial charge in [0.25, 0.3) is 0 Å². The molecule has 0 fully saturated rings. The van der Waals surface area contributed by atoms with Crippen LogP contribution in [0.1, 0.15) is 84.3 Å². The Kier molecular flexibility index (Phi) is 12.7. The number of carbonyl (C=O) groups excluding carboxylic acids is 2. The second-order valence-corrected chi connectivity index (χ2v) is 12.0. The molecular weight excluding hydrogens is 503 g/mol. The number of ketones is 1. The zero-order valence-corrected chi connectivity index (χ0v) is 24.3. The van der Waals surface area contributed by atoms with E-state index in [2.05, 4.69) is 16.4 Å². The van der Waals surface area contributed by atoms with Crippen LogP contribution in [0.15, 0.2) is 22.6 Å². The predicted molar refractivity (Wildman–Crippen MR) is 150 cm³/mol. The van der Waals surface area contributed by atoms with Crippen LogP contribution in [-0.4, -0.2) is 58.9 Å². The molecule has 3 unspecified atom stereocenters. The smallest absolute Gasteiger partial charge is 0.392 e. The molecule has 0 aliphatic carbocycles. The molecule has 2 heterocycles. The molecule has 210 valence electrons. The molecule has 0 spiro atoms. The number of cyclic esters (lactones) is 1. The zero-order chi connectivity index (χ0) is 28.5. The van der Waals surface area contributed by atoms with Crippen LogP contribution in [0.2, 0.25) is 0 Å². The molecule has 0 amide bonds. The van der Waals surface area contributed by atoms with Crippen molar-refractivity contribution in [3.63, 3.8) is 0 Å². The van der Waals surface area contributed by atoms with Gasteiger partial charge in [-0.1, -0.05) is 27.7 Å². The fourth-order valence-corrected chi connectivity index (χ4v) is 5.39. The molecule has 1 aliphatic heterocycles. The van der Waals surface area contributed by atoms with E-state index in [-0.39, 0.29) is 24.6 Å². The van der Waals surface area contributed by atoms with Crippen LogP contribution in [0, 0.1) is 17.3 Å². The third-order valence-corrected chi connectivity index (χ3v) is 8.35. The number of carbonyl (C=O) groups is 2. The Morgan fingerprint density at radius 3 is 2.71 bits per heavy atom. The summed E-state index contributed by atoms with van der Waals surface area (Å²) in [5.74, 6) is -1.59. The summed E-state index contributed by atoms with van der Waals surface area (Å²) in [4.78, 5) is 30.7. The number of Topliss-reactive ketones (excluding diaryl/α,β-unsaturated/α-hetero) is 1. The normalized spacial score (nSPS) is 29.7. The Hall–Kier alpha value is -2.01. The number of ether oxygens (including phenoxy) is 1. The molecule has 3 N–H and O–H groups in total. The Morgan fingerprint density at radius 2 is 2.03 bits per heavy atom. The third kappa shape index (κ3) is 9.33. The van der Waals surface area contributed by atoms with Crippen LogP contribution >= 0.6 is 11.3 Å². The molecule has 0 saturated heterocycles. The first-order valence-corrected chi connectivity index (χ1v) is 14.3. The van der Waals surface area contributed by atoms with Crippen molar-refractivity contribution in [2.45, 2.75) is 98.5 Å². The molecule has 0 aromatic carbocycles. The van der Waals surface area contributed by atoms with E-state index in [9.17, 15) is 24.5 Å². The zero-order valence-electron chi connectivity index (χ0n) is 23.5. The van der Waals surface area contributed by atoms with Crippen molar-refractivity contribution >= 4 is 36.3 Å². The predicted octanol–water partition coefficient (Wildman–Crippen LogP) is 4.05. The van der Waals surface area contributed by atoms with E-state index in [1.165, 1.54) is 11.3 Å². The number of allylic oxidation sites excluding steroid dienone is 1. The van der Waals surface area contributed by atoms with Crippen molar-refractivity contribution in [2.24, 2.45) is 17.3 Å². The third-order valence-electron chi connectivity index (χ3n) is 7.48. The maximum absolute atomic E-state index is 13.2. The molecule has 5 atom stereocenters.